The summed E-state index contributed by atoms with van der Waals surface area (Å²) in [6.07, 6.45) is 9.42. The van der Waals surface area contributed by atoms with Crippen LogP contribution >= 0.6 is 0 Å². The molecule has 4 aliphatic rings. The third-order valence-corrected chi connectivity index (χ3v) is 6.08. The number of rotatable bonds is 3. The van der Waals surface area contributed by atoms with Crippen molar-refractivity contribution in [1.82, 2.24) is 15.8 Å². The Morgan fingerprint density at radius 1 is 1.08 bits per heavy atom. The van der Waals surface area contributed by atoms with E-state index in [1.165, 1.54) is 31.5 Å². The van der Waals surface area contributed by atoms with Crippen molar-refractivity contribution >= 4 is 11.8 Å². The Morgan fingerprint density at radius 3 is 2.29 bits per heavy atom. The van der Waals surface area contributed by atoms with Crippen LogP contribution in [0.3, 0.4) is 0 Å². The minimum absolute atomic E-state index is 0.00685. The smallest absolute Gasteiger partial charge is 0.275 e. The van der Waals surface area contributed by atoms with Gasteiger partial charge in [-0.3, -0.25) is 25.2 Å². The van der Waals surface area contributed by atoms with Gasteiger partial charge in [0.2, 0.25) is 5.91 Å². The normalized spacial score (nSPS) is 33.2. The van der Waals surface area contributed by atoms with Crippen LogP contribution in [0.5, 0.6) is 0 Å². The summed E-state index contributed by atoms with van der Waals surface area (Å²) in [5.41, 5.74) is 4.51. The third kappa shape index (κ3) is 2.85. The molecule has 3 N–H and O–H groups in total. The first-order valence-electron chi connectivity index (χ1n) is 8.80. The number of aromatic nitrogens is 1. The highest BCUT2D eigenvalue weighted by Gasteiger charge is 2.51. The predicted octanol–water partition coefficient (Wildman–Crippen LogP) is 1.74. The molecule has 6 heteroatoms. The summed E-state index contributed by atoms with van der Waals surface area (Å²) in [7, 11) is 0. The molecule has 1 heterocycles. The van der Waals surface area contributed by atoms with Gasteiger partial charge in [0.05, 0.1) is 0 Å². The Kier molecular flexibility index (Phi) is 3.70. The molecule has 0 unspecified atom stereocenters. The molecule has 1 aromatic rings. The molecule has 0 atom stereocenters. The zero-order valence-corrected chi connectivity index (χ0v) is 13.6. The molecular weight excluding hydrogens is 306 g/mol. The molecule has 0 spiro atoms. The van der Waals surface area contributed by atoms with E-state index in [1.807, 2.05) is 0 Å². The van der Waals surface area contributed by atoms with Gasteiger partial charge in [-0.05, 0) is 73.8 Å². The van der Waals surface area contributed by atoms with Gasteiger partial charge < -0.3 is 4.98 Å². The lowest BCUT2D eigenvalue weighted by Gasteiger charge is -2.56. The molecule has 4 saturated carbocycles. The highest BCUT2D eigenvalue weighted by molar-refractivity contribution is 5.95. The van der Waals surface area contributed by atoms with Crippen molar-refractivity contribution in [3.05, 3.63) is 34.2 Å². The minimum Gasteiger partial charge on any atom is -0.328 e. The van der Waals surface area contributed by atoms with Gasteiger partial charge in [-0.15, -0.1) is 0 Å². The van der Waals surface area contributed by atoms with Crippen LogP contribution in [0.4, 0.5) is 0 Å². The fourth-order valence-corrected chi connectivity index (χ4v) is 5.69. The SMILES string of the molecule is O=C(CC12CC3CC(CC(C3)C1)C2)NNC(=O)c1ccc[nH]c1=O. The highest BCUT2D eigenvalue weighted by Crippen LogP contribution is 2.61. The standard InChI is InChI=1S/C18H23N3O3/c22-15(20-21-17(24)14-2-1-3-19-16(14)23)10-18-7-11-4-12(8-18)6-13(5-11)9-18/h1-3,11-13H,4-10H2,(H,19,23)(H,20,22)(H,21,24). The summed E-state index contributed by atoms with van der Waals surface area (Å²) < 4.78 is 0. The molecule has 0 radical (unpaired) electrons. The number of H-pyrrole nitrogens is 1. The van der Waals surface area contributed by atoms with Gasteiger partial charge in [-0.1, -0.05) is 0 Å². The maximum atomic E-state index is 12.3. The van der Waals surface area contributed by atoms with Crippen LogP contribution in [-0.4, -0.2) is 16.8 Å². The lowest BCUT2D eigenvalue weighted by molar-refractivity contribution is -0.130. The van der Waals surface area contributed by atoms with Gasteiger partial charge in [-0.25, -0.2) is 0 Å². The van der Waals surface area contributed by atoms with Crippen LogP contribution in [0.15, 0.2) is 23.1 Å². The summed E-state index contributed by atoms with van der Waals surface area (Å²) in [5, 5.41) is 0. The molecule has 4 bridgehead atoms. The van der Waals surface area contributed by atoms with Gasteiger partial charge in [-0.2, -0.15) is 0 Å². The van der Waals surface area contributed by atoms with E-state index in [-0.39, 0.29) is 16.9 Å². The fraction of sp³-hybridized carbons (Fsp3) is 0.611. The topological polar surface area (TPSA) is 91.1 Å². The fourth-order valence-electron chi connectivity index (χ4n) is 5.69. The third-order valence-electron chi connectivity index (χ3n) is 6.08. The molecule has 2 amide bonds. The van der Waals surface area contributed by atoms with E-state index >= 15 is 0 Å². The molecule has 5 rings (SSSR count). The van der Waals surface area contributed by atoms with E-state index in [2.05, 4.69) is 15.8 Å². The molecule has 128 valence electrons. The lowest BCUT2D eigenvalue weighted by atomic mass is 9.49. The number of amides is 2. The molecule has 4 fully saturated rings. The van der Waals surface area contributed by atoms with E-state index in [9.17, 15) is 14.4 Å². The number of pyridine rings is 1. The number of aromatic amines is 1. The zero-order chi connectivity index (χ0) is 16.7. The molecule has 4 aliphatic carbocycles. The van der Waals surface area contributed by atoms with E-state index in [1.54, 1.807) is 6.07 Å². The summed E-state index contributed by atoms with van der Waals surface area (Å²) in [4.78, 5) is 38.3. The lowest BCUT2D eigenvalue weighted by Crippen LogP contribution is -2.50. The van der Waals surface area contributed by atoms with Crippen molar-refractivity contribution in [3.63, 3.8) is 0 Å². The predicted molar refractivity (Wildman–Crippen MR) is 87.9 cm³/mol. The van der Waals surface area contributed by atoms with Crippen molar-refractivity contribution in [1.29, 1.82) is 0 Å². The summed E-state index contributed by atoms with van der Waals surface area (Å²) >= 11 is 0. The first-order chi connectivity index (χ1) is 11.5. The first kappa shape index (κ1) is 15.4. The van der Waals surface area contributed by atoms with E-state index in [0.717, 1.165) is 37.0 Å². The van der Waals surface area contributed by atoms with E-state index in [0.29, 0.717) is 6.42 Å². The minimum atomic E-state index is -0.587. The van der Waals surface area contributed by atoms with Crippen molar-refractivity contribution in [2.45, 2.75) is 44.9 Å². The molecule has 0 saturated heterocycles. The van der Waals surface area contributed by atoms with E-state index in [4.69, 9.17) is 0 Å². The first-order valence-corrected chi connectivity index (χ1v) is 8.80. The number of carbonyl (C=O) groups excluding carboxylic acids is 2. The maximum absolute atomic E-state index is 12.3. The van der Waals surface area contributed by atoms with Crippen molar-refractivity contribution in [2.24, 2.45) is 23.2 Å². The second kappa shape index (κ2) is 5.76. The molecule has 24 heavy (non-hydrogen) atoms. The van der Waals surface area contributed by atoms with Crippen LogP contribution in [0.1, 0.15) is 55.3 Å². The van der Waals surface area contributed by atoms with Gasteiger partial charge in [0.1, 0.15) is 5.56 Å². The Bertz CT molecular complexity index is 689. The molecular formula is C18H23N3O3. The second-order valence-corrected chi connectivity index (χ2v) is 8.01. The highest BCUT2D eigenvalue weighted by atomic mass is 16.2. The largest absolute Gasteiger partial charge is 0.328 e. The van der Waals surface area contributed by atoms with Crippen LogP contribution in [0, 0.1) is 23.2 Å². The second-order valence-electron chi connectivity index (χ2n) is 8.01. The Labute approximate surface area is 140 Å². The average molecular weight is 329 g/mol. The van der Waals surface area contributed by atoms with Crippen LogP contribution in [-0.2, 0) is 4.79 Å². The Balaban J connectivity index is 1.35. The summed E-state index contributed by atoms with van der Waals surface area (Å²) in [6.45, 7) is 0. The molecule has 0 aromatic carbocycles. The maximum Gasteiger partial charge on any atom is 0.275 e. The van der Waals surface area contributed by atoms with Crippen molar-refractivity contribution in [3.8, 4) is 0 Å². The molecule has 1 aromatic heterocycles. The molecule has 0 aliphatic heterocycles. The van der Waals surface area contributed by atoms with Gasteiger partial charge in [0, 0.05) is 12.6 Å². The summed E-state index contributed by atoms with van der Waals surface area (Å²) in [5.74, 6) is 1.64. The van der Waals surface area contributed by atoms with Crippen LogP contribution < -0.4 is 16.4 Å². The van der Waals surface area contributed by atoms with Crippen LogP contribution in [0.25, 0.3) is 0 Å². The average Bonchev–Trinajstić information content (AvgIpc) is 2.51. The number of carbonyl (C=O) groups is 2. The monoisotopic (exact) mass is 329 g/mol. The van der Waals surface area contributed by atoms with Gasteiger partial charge in [0.15, 0.2) is 0 Å². The molecule has 6 nitrogen and oxygen atoms in total. The number of nitrogens with one attached hydrogen (secondary N) is 3. The number of hydrogen-bond donors (Lipinski definition) is 3. The van der Waals surface area contributed by atoms with E-state index < -0.39 is 11.5 Å². The summed E-state index contributed by atoms with van der Waals surface area (Å²) in [6, 6.07) is 3.01. The Hall–Kier alpha value is -2.11. The zero-order valence-electron chi connectivity index (χ0n) is 13.6. The quantitative estimate of drug-likeness (QED) is 0.738. The number of hydrazine groups is 1. The van der Waals surface area contributed by atoms with Gasteiger partial charge in [0.25, 0.3) is 11.5 Å². The van der Waals surface area contributed by atoms with Crippen LogP contribution in [0.2, 0.25) is 0 Å². The van der Waals surface area contributed by atoms with Crippen molar-refractivity contribution in [2.75, 3.05) is 0 Å². The number of hydrogen-bond acceptors (Lipinski definition) is 3. The van der Waals surface area contributed by atoms with Gasteiger partial charge >= 0.3 is 0 Å². The Morgan fingerprint density at radius 2 is 1.71 bits per heavy atom. The van der Waals surface area contributed by atoms with Crippen molar-refractivity contribution < 1.29 is 9.59 Å².